The molecule has 1 N–H and O–H groups in total. The van der Waals surface area contributed by atoms with Crippen LogP contribution in [0.3, 0.4) is 0 Å². The summed E-state index contributed by atoms with van der Waals surface area (Å²) in [6.07, 6.45) is 2.84. The first-order chi connectivity index (χ1) is 11.7. The fourth-order valence-corrected chi connectivity index (χ4v) is 4.19. The Bertz CT molecular complexity index is 767. The van der Waals surface area contributed by atoms with Gasteiger partial charge in [-0.1, -0.05) is 6.07 Å². The predicted octanol–water partition coefficient (Wildman–Crippen LogP) is 4.90. The molecule has 0 aliphatic carbocycles. The third-order valence-electron chi connectivity index (χ3n) is 4.16. The van der Waals surface area contributed by atoms with E-state index in [1.165, 1.54) is 22.3 Å². The van der Waals surface area contributed by atoms with Crippen LogP contribution in [0, 0.1) is 13.8 Å². The summed E-state index contributed by atoms with van der Waals surface area (Å²) in [4.78, 5) is 4.52. The van der Waals surface area contributed by atoms with Crippen molar-refractivity contribution in [2.45, 2.75) is 32.9 Å². The number of benzene rings is 1. The van der Waals surface area contributed by atoms with Crippen molar-refractivity contribution < 1.29 is 4.74 Å². The minimum absolute atomic E-state index is 0.237. The maximum Gasteiger partial charge on any atom is 0.122 e. The van der Waals surface area contributed by atoms with Gasteiger partial charge in [0.05, 0.1) is 13.2 Å². The predicted molar refractivity (Wildman–Crippen MR) is 102 cm³/mol. The van der Waals surface area contributed by atoms with E-state index in [0.29, 0.717) is 0 Å². The Balaban J connectivity index is 1.75. The summed E-state index contributed by atoms with van der Waals surface area (Å²) >= 11 is 3.45. The second-order valence-electron chi connectivity index (χ2n) is 5.89. The van der Waals surface area contributed by atoms with Crippen LogP contribution >= 0.6 is 22.7 Å². The van der Waals surface area contributed by atoms with Crippen LogP contribution in [0.5, 0.6) is 5.75 Å². The van der Waals surface area contributed by atoms with Crippen LogP contribution in [0.1, 0.15) is 33.3 Å². The van der Waals surface area contributed by atoms with Gasteiger partial charge in [0, 0.05) is 18.1 Å². The molecule has 3 aromatic rings. The number of aryl methyl sites for hydroxylation is 2. The van der Waals surface area contributed by atoms with Crippen molar-refractivity contribution in [3.8, 4) is 5.75 Å². The van der Waals surface area contributed by atoms with Crippen LogP contribution in [-0.4, -0.2) is 12.1 Å². The summed E-state index contributed by atoms with van der Waals surface area (Å²) in [6.45, 7) is 5.05. The van der Waals surface area contributed by atoms with E-state index in [2.05, 4.69) is 53.1 Å². The molecular formula is C19H22N2OS2. The number of thiophene rings is 1. The van der Waals surface area contributed by atoms with E-state index in [-0.39, 0.29) is 6.04 Å². The fourth-order valence-electron chi connectivity index (χ4n) is 2.79. The summed E-state index contributed by atoms with van der Waals surface area (Å²) in [5, 5.41) is 11.2. The van der Waals surface area contributed by atoms with Crippen molar-refractivity contribution in [3.63, 3.8) is 0 Å². The van der Waals surface area contributed by atoms with Gasteiger partial charge < -0.3 is 10.1 Å². The number of hydrogen-bond donors (Lipinski definition) is 1. The van der Waals surface area contributed by atoms with Gasteiger partial charge in [-0.25, -0.2) is 4.98 Å². The molecule has 5 heteroatoms. The smallest absolute Gasteiger partial charge is 0.122 e. The molecule has 0 unspecified atom stereocenters. The Morgan fingerprint density at radius 2 is 2.08 bits per heavy atom. The molecule has 0 spiro atoms. The van der Waals surface area contributed by atoms with Gasteiger partial charge in [-0.15, -0.1) is 11.3 Å². The molecular weight excluding hydrogens is 336 g/mol. The Hall–Kier alpha value is -1.69. The van der Waals surface area contributed by atoms with Gasteiger partial charge in [0.1, 0.15) is 10.8 Å². The highest BCUT2D eigenvalue weighted by molar-refractivity contribution is 7.09. The van der Waals surface area contributed by atoms with Gasteiger partial charge in [-0.05, 0) is 65.4 Å². The van der Waals surface area contributed by atoms with Crippen molar-refractivity contribution >= 4 is 22.7 Å². The van der Waals surface area contributed by atoms with Crippen LogP contribution in [-0.2, 0) is 13.0 Å². The van der Waals surface area contributed by atoms with Crippen LogP contribution in [0.15, 0.2) is 40.5 Å². The van der Waals surface area contributed by atoms with Crippen LogP contribution < -0.4 is 10.1 Å². The Morgan fingerprint density at radius 1 is 1.21 bits per heavy atom. The molecule has 0 saturated heterocycles. The molecule has 3 rings (SSSR count). The summed E-state index contributed by atoms with van der Waals surface area (Å²) < 4.78 is 5.41. The first kappa shape index (κ1) is 17.1. The zero-order chi connectivity index (χ0) is 16.9. The second kappa shape index (κ2) is 7.92. The first-order valence-corrected chi connectivity index (χ1v) is 9.77. The molecule has 0 aliphatic heterocycles. The number of hydrogen-bond acceptors (Lipinski definition) is 5. The normalized spacial score (nSPS) is 12.3. The maximum absolute atomic E-state index is 5.41. The number of ether oxygens (including phenoxy) is 1. The molecule has 0 bridgehead atoms. The molecule has 1 aromatic carbocycles. The van der Waals surface area contributed by atoms with E-state index < -0.39 is 0 Å². The number of thiazole rings is 1. The van der Waals surface area contributed by atoms with Crippen LogP contribution in [0.2, 0.25) is 0 Å². The molecule has 24 heavy (non-hydrogen) atoms. The minimum atomic E-state index is 0.237. The fraction of sp³-hybridized carbons (Fsp3) is 0.316. The monoisotopic (exact) mass is 358 g/mol. The Kier molecular flexibility index (Phi) is 5.66. The highest BCUT2D eigenvalue weighted by Gasteiger charge is 2.16. The number of rotatable bonds is 7. The van der Waals surface area contributed by atoms with Crippen molar-refractivity contribution in [1.29, 1.82) is 0 Å². The summed E-state index contributed by atoms with van der Waals surface area (Å²) in [7, 11) is 1.72. The number of nitrogens with one attached hydrogen (secondary N) is 1. The molecule has 0 aliphatic rings. The third-order valence-corrected chi connectivity index (χ3v) is 5.78. The summed E-state index contributed by atoms with van der Waals surface area (Å²) in [5.74, 6) is 0.950. The van der Waals surface area contributed by atoms with Crippen LogP contribution in [0.25, 0.3) is 0 Å². The first-order valence-electron chi connectivity index (χ1n) is 7.95. The average Bonchev–Trinajstić information content (AvgIpc) is 3.27. The van der Waals surface area contributed by atoms with Crippen molar-refractivity contribution in [2.75, 3.05) is 7.11 Å². The largest absolute Gasteiger partial charge is 0.496 e. The van der Waals surface area contributed by atoms with Gasteiger partial charge in [-0.2, -0.15) is 11.3 Å². The second-order valence-corrected chi connectivity index (χ2v) is 7.59. The van der Waals surface area contributed by atoms with Gasteiger partial charge in [-0.3, -0.25) is 0 Å². The lowest BCUT2D eigenvalue weighted by molar-refractivity contribution is 0.411. The van der Waals surface area contributed by atoms with Gasteiger partial charge in [0.15, 0.2) is 0 Å². The minimum Gasteiger partial charge on any atom is -0.496 e. The number of aromatic nitrogens is 1. The molecule has 3 nitrogen and oxygen atoms in total. The molecule has 0 amide bonds. The molecule has 0 radical (unpaired) electrons. The molecule has 0 fully saturated rings. The Morgan fingerprint density at radius 3 is 2.75 bits per heavy atom. The topological polar surface area (TPSA) is 34.1 Å². The lowest BCUT2D eigenvalue weighted by Crippen LogP contribution is -2.23. The van der Waals surface area contributed by atoms with Crippen molar-refractivity contribution in [2.24, 2.45) is 0 Å². The average molecular weight is 359 g/mol. The third kappa shape index (κ3) is 4.04. The standard InChI is InChI=1S/C19H22N2OS2/c1-13-9-18(22-3)14(2)8-16(13)11-21-17(19-20-5-7-24-19)10-15-4-6-23-12-15/h4-9,12,17,21H,10-11H2,1-3H3/t17-/m1/s1. The SMILES string of the molecule is COc1cc(C)c(CN[C@H](Cc2ccsc2)c2nccs2)cc1C. The van der Waals surface area contributed by atoms with E-state index in [1.807, 2.05) is 11.6 Å². The van der Waals surface area contributed by atoms with Gasteiger partial charge >= 0.3 is 0 Å². The lowest BCUT2D eigenvalue weighted by Gasteiger charge is -2.18. The van der Waals surface area contributed by atoms with Gasteiger partial charge in [0.2, 0.25) is 0 Å². The number of methoxy groups -OCH3 is 1. The van der Waals surface area contributed by atoms with Gasteiger partial charge in [0.25, 0.3) is 0 Å². The van der Waals surface area contributed by atoms with Crippen molar-refractivity contribution in [1.82, 2.24) is 10.3 Å². The van der Waals surface area contributed by atoms with Crippen molar-refractivity contribution in [3.05, 3.63) is 67.8 Å². The number of nitrogens with zero attached hydrogens (tertiary/aromatic N) is 1. The Labute approximate surface area is 151 Å². The molecule has 2 aromatic heterocycles. The molecule has 126 valence electrons. The summed E-state index contributed by atoms with van der Waals surface area (Å²) in [5.41, 5.74) is 5.08. The summed E-state index contributed by atoms with van der Waals surface area (Å²) in [6, 6.07) is 6.76. The molecule has 2 heterocycles. The van der Waals surface area contributed by atoms with Crippen LogP contribution in [0.4, 0.5) is 0 Å². The van der Waals surface area contributed by atoms with E-state index >= 15 is 0 Å². The van der Waals surface area contributed by atoms with E-state index in [4.69, 9.17) is 4.74 Å². The zero-order valence-corrected chi connectivity index (χ0v) is 15.8. The maximum atomic E-state index is 5.41. The van der Waals surface area contributed by atoms with E-state index in [9.17, 15) is 0 Å². The lowest BCUT2D eigenvalue weighted by atomic mass is 10.0. The van der Waals surface area contributed by atoms with E-state index in [0.717, 1.165) is 23.7 Å². The quantitative estimate of drug-likeness (QED) is 0.652. The highest BCUT2D eigenvalue weighted by atomic mass is 32.1. The van der Waals surface area contributed by atoms with E-state index in [1.54, 1.807) is 29.8 Å². The zero-order valence-electron chi connectivity index (χ0n) is 14.2. The molecule has 1 atom stereocenters. The highest BCUT2D eigenvalue weighted by Crippen LogP contribution is 2.25. The molecule has 0 saturated carbocycles.